The molecule has 0 amide bonds. The lowest BCUT2D eigenvalue weighted by molar-refractivity contribution is 0.0902. The smallest absolute Gasteiger partial charge is 0.213 e. The summed E-state index contributed by atoms with van der Waals surface area (Å²) in [5.41, 5.74) is 1.72. The van der Waals surface area contributed by atoms with Gasteiger partial charge in [-0.25, -0.2) is 9.37 Å². The number of hydrogen-bond acceptors (Lipinski definition) is 5. The van der Waals surface area contributed by atoms with E-state index in [-0.39, 0.29) is 17.8 Å². The van der Waals surface area contributed by atoms with Crippen LogP contribution < -0.4 is 10.1 Å². The van der Waals surface area contributed by atoms with Crippen molar-refractivity contribution in [2.24, 2.45) is 11.3 Å². The van der Waals surface area contributed by atoms with E-state index in [1.165, 1.54) is 6.20 Å². The van der Waals surface area contributed by atoms with E-state index in [0.717, 1.165) is 25.8 Å². The summed E-state index contributed by atoms with van der Waals surface area (Å²) in [6.45, 7) is 3.79. The molecule has 1 fully saturated rings. The Morgan fingerprint density at radius 1 is 1.44 bits per heavy atom. The van der Waals surface area contributed by atoms with Crippen molar-refractivity contribution in [1.82, 2.24) is 15.3 Å². The van der Waals surface area contributed by atoms with E-state index in [0.29, 0.717) is 41.4 Å². The van der Waals surface area contributed by atoms with E-state index in [4.69, 9.17) is 4.74 Å². The molecule has 3 rings (SSSR count). The molecule has 1 aliphatic rings. The molecule has 0 saturated heterocycles. The maximum Gasteiger partial charge on any atom is 0.213 e. The Labute approximate surface area is 147 Å². The number of aliphatic hydroxyl groups is 1. The first-order valence-electron chi connectivity index (χ1n) is 8.89. The maximum atomic E-state index is 14.3. The van der Waals surface area contributed by atoms with Gasteiger partial charge in [0, 0.05) is 23.6 Å². The van der Waals surface area contributed by atoms with Gasteiger partial charge in [0.1, 0.15) is 5.82 Å². The van der Waals surface area contributed by atoms with Gasteiger partial charge in [0.25, 0.3) is 0 Å². The largest absolute Gasteiger partial charge is 0.481 e. The van der Waals surface area contributed by atoms with Gasteiger partial charge in [0.05, 0.1) is 30.9 Å². The lowest BCUT2D eigenvalue weighted by Crippen LogP contribution is -2.40. The Balaban J connectivity index is 1.69. The first kappa shape index (κ1) is 18.0. The molecule has 5 nitrogen and oxygen atoms in total. The van der Waals surface area contributed by atoms with Crippen LogP contribution in [0, 0.1) is 17.2 Å². The standard InChI is InChI=1S/C19H26FN3O2/c1-13-4-3-8-19(13,12-24)11-21-9-7-14-15(20)10-22-16-5-6-17(25-2)23-18(14)16/h5-6,10,13,21,24H,3-4,7-9,11-12H2,1-2H3. The van der Waals surface area contributed by atoms with Crippen molar-refractivity contribution in [3.63, 3.8) is 0 Å². The molecule has 2 unspecified atom stereocenters. The Hall–Kier alpha value is -1.79. The minimum Gasteiger partial charge on any atom is -0.481 e. The number of aromatic nitrogens is 2. The van der Waals surface area contributed by atoms with Gasteiger partial charge in [0.15, 0.2) is 0 Å². The monoisotopic (exact) mass is 347 g/mol. The van der Waals surface area contributed by atoms with Gasteiger partial charge in [-0.05, 0) is 31.4 Å². The summed E-state index contributed by atoms with van der Waals surface area (Å²) in [6.07, 6.45) is 5.14. The highest BCUT2D eigenvalue weighted by Gasteiger charge is 2.39. The highest BCUT2D eigenvalue weighted by atomic mass is 19.1. The van der Waals surface area contributed by atoms with Crippen molar-refractivity contribution in [1.29, 1.82) is 0 Å². The zero-order valence-electron chi connectivity index (χ0n) is 14.9. The van der Waals surface area contributed by atoms with Gasteiger partial charge in [-0.15, -0.1) is 0 Å². The number of pyridine rings is 2. The van der Waals surface area contributed by atoms with Gasteiger partial charge in [0.2, 0.25) is 5.88 Å². The molecule has 2 heterocycles. The number of rotatable bonds is 7. The molecule has 1 saturated carbocycles. The zero-order valence-corrected chi connectivity index (χ0v) is 14.9. The van der Waals surface area contributed by atoms with Crippen molar-refractivity contribution >= 4 is 11.0 Å². The van der Waals surface area contributed by atoms with Crippen molar-refractivity contribution in [3.8, 4) is 5.88 Å². The fourth-order valence-electron chi connectivity index (χ4n) is 3.85. The second kappa shape index (κ2) is 7.62. The van der Waals surface area contributed by atoms with E-state index >= 15 is 0 Å². The quantitative estimate of drug-likeness (QED) is 0.754. The van der Waals surface area contributed by atoms with Crippen molar-refractivity contribution in [3.05, 3.63) is 29.7 Å². The van der Waals surface area contributed by atoms with E-state index in [2.05, 4.69) is 22.2 Å². The number of aliphatic hydroxyl groups excluding tert-OH is 1. The molecule has 0 aliphatic heterocycles. The predicted molar refractivity (Wildman–Crippen MR) is 95.2 cm³/mol. The molecule has 2 aromatic rings. The highest BCUT2D eigenvalue weighted by molar-refractivity contribution is 5.78. The lowest BCUT2D eigenvalue weighted by Gasteiger charge is -2.32. The van der Waals surface area contributed by atoms with Crippen LogP contribution in [-0.2, 0) is 6.42 Å². The topological polar surface area (TPSA) is 67.3 Å². The van der Waals surface area contributed by atoms with Crippen LogP contribution in [0.1, 0.15) is 31.7 Å². The first-order chi connectivity index (χ1) is 12.1. The fourth-order valence-corrected chi connectivity index (χ4v) is 3.85. The Morgan fingerprint density at radius 3 is 2.96 bits per heavy atom. The first-order valence-corrected chi connectivity index (χ1v) is 8.89. The molecule has 0 radical (unpaired) electrons. The molecule has 136 valence electrons. The van der Waals surface area contributed by atoms with Crippen LogP contribution in [0.25, 0.3) is 11.0 Å². The minimum absolute atomic E-state index is 0.0413. The second-order valence-corrected chi connectivity index (χ2v) is 7.05. The average molecular weight is 347 g/mol. The Bertz CT molecular complexity index is 740. The van der Waals surface area contributed by atoms with E-state index in [1.807, 2.05) is 0 Å². The summed E-state index contributed by atoms with van der Waals surface area (Å²) in [7, 11) is 1.54. The number of nitrogens with one attached hydrogen (secondary N) is 1. The zero-order chi connectivity index (χ0) is 17.9. The Morgan fingerprint density at radius 2 is 2.28 bits per heavy atom. The molecule has 2 atom stereocenters. The number of hydrogen-bond donors (Lipinski definition) is 2. The van der Waals surface area contributed by atoms with Crippen molar-refractivity contribution < 1.29 is 14.2 Å². The summed E-state index contributed by atoms with van der Waals surface area (Å²) < 4.78 is 19.4. The average Bonchev–Trinajstić information content (AvgIpc) is 3.00. The number of nitrogens with zero attached hydrogens (tertiary/aromatic N) is 2. The molecule has 1 aliphatic carbocycles. The molecule has 0 aromatic carbocycles. The van der Waals surface area contributed by atoms with E-state index in [1.54, 1.807) is 19.2 Å². The number of halogens is 1. The number of methoxy groups -OCH3 is 1. The molecule has 0 spiro atoms. The van der Waals surface area contributed by atoms with Crippen LogP contribution in [-0.4, -0.2) is 41.9 Å². The van der Waals surface area contributed by atoms with Gasteiger partial charge in [-0.1, -0.05) is 19.8 Å². The molecule has 2 N–H and O–H groups in total. The molecular weight excluding hydrogens is 321 g/mol. The summed E-state index contributed by atoms with van der Waals surface area (Å²) in [6, 6.07) is 3.51. The van der Waals surface area contributed by atoms with Crippen LogP contribution in [0.4, 0.5) is 4.39 Å². The minimum atomic E-state index is -0.346. The van der Waals surface area contributed by atoms with Gasteiger partial charge < -0.3 is 15.2 Å². The normalized spacial score (nSPS) is 23.3. The molecule has 25 heavy (non-hydrogen) atoms. The third kappa shape index (κ3) is 3.60. The third-order valence-corrected chi connectivity index (χ3v) is 5.65. The molecule has 2 aromatic heterocycles. The second-order valence-electron chi connectivity index (χ2n) is 7.05. The highest BCUT2D eigenvalue weighted by Crippen LogP contribution is 2.42. The van der Waals surface area contributed by atoms with Crippen LogP contribution in [0.3, 0.4) is 0 Å². The number of fused-ring (bicyclic) bond motifs is 1. The molecule has 0 bridgehead atoms. The molecular formula is C19H26FN3O2. The van der Waals surface area contributed by atoms with Crippen molar-refractivity contribution in [2.75, 3.05) is 26.8 Å². The van der Waals surface area contributed by atoms with Crippen LogP contribution in [0.5, 0.6) is 5.88 Å². The van der Waals surface area contributed by atoms with E-state index < -0.39 is 0 Å². The SMILES string of the molecule is COc1ccc2ncc(F)c(CCNCC3(CO)CCCC3C)c2n1. The summed E-state index contributed by atoms with van der Waals surface area (Å²) in [5, 5.41) is 13.2. The Kier molecular flexibility index (Phi) is 5.49. The summed E-state index contributed by atoms with van der Waals surface area (Å²) in [5.74, 6) is 0.615. The molecule has 6 heteroatoms. The maximum absolute atomic E-state index is 14.3. The van der Waals surface area contributed by atoms with Gasteiger partial charge >= 0.3 is 0 Å². The predicted octanol–water partition coefficient (Wildman–Crippen LogP) is 2.71. The fraction of sp³-hybridized carbons (Fsp3) is 0.579. The van der Waals surface area contributed by atoms with Crippen LogP contribution >= 0.6 is 0 Å². The van der Waals surface area contributed by atoms with Crippen LogP contribution in [0.2, 0.25) is 0 Å². The lowest BCUT2D eigenvalue weighted by atomic mass is 9.79. The van der Waals surface area contributed by atoms with Gasteiger partial charge in [-0.2, -0.15) is 0 Å². The van der Waals surface area contributed by atoms with E-state index in [9.17, 15) is 9.50 Å². The number of ether oxygens (including phenoxy) is 1. The van der Waals surface area contributed by atoms with Crippen molar-refractivity contribution in [2.45, 2.75) is 32.6 Å². The summed E-state index contributed by atoms with van der Waals surface area (Å²) in [4.78, 5) is 8.46. The van der Waals surface area contributed by atoms with Gasteiger partial charge in [-0.3, -0.25) is 4.98 Å². The van der Waals surface area contributed by atoms with Crippen LogP contribution in [0.15, 0.2) is 18.3 Å². The summed E-state index contributed by atoms with van der Waals surface area (Å²) >= 11 is 0. The third-order valence-electron chi connectivity index (χ3n) is 5.65.